The first-order valence-electron chi connectivity index (χ1n) is 10.2. The van der Waals surface area contributed by atoms with E-state index < -0.39 is 0 Å². The van der Waals surface area contributed by atoms with Crippen LogP contribution in [0.4, 0.5) is 5.88 Å². The molecule has 2 heterocycles. The molecule has 0 amide bonds. The van der Waals surface area contributed by atoms with Gasteiger partial charge in [-0.15, -0.1) is 0 Å². The summed E-state index contributed by atoms with van der Waals surface area (Å²) in [7, 11) is 1.64. The Kier molecular flexibility index (Phi) is 6.42. The number of nitriles is 1. The van der Waals surface area contributed by atoms with Crippen LogP contribution in [-0.2, 0) is 13.0 Å². The average molecular weight is 429 g/mol. The van der Waals surface area contributed by atoms with Crippen molar-refractivity contribution in [1.29, 1.82) is 5.26 Å². The molecule has 0 atom stereocenters. The van der Waals surface area contributed by atoms with Gasteiger partial charge >= 0.3 is 0 Å². The second-order valence-corrected chi connectivity index (χ2v) is 7.20. The highest BCUT2D eigenvalue weighted by molar-refractivity contribution is 5.54. The molecule has 0 bridgehead atoms. The van der Waals surface area contributed by atoms with Crippen LogP contribution >= 0.6 is 0 Å². The van der Waals surface area contributed by atoms with Crippen LogP contribution < -0.4 is 14.8 Å². The largest absolute Gasteiger partial charge is 0.497 e. The quantitative estimate of drug-likeness (QED) is 0.383. The third kappa shape index (κ3) is 5.10. The number of rotatable bonds is 9. The van der Waals surface area contributed by atoms with Crippen molar-refractivity contribution < 1.29 is 18.3 Å². The maximum atomic E-state index is 9.41. The lowest BCUT2D eigenvalue weighted by molar-refractivity contribution is 0.271. The molecule has 0 aliphatic carbocycles. The monoisotopic (exact) mass is 429 g/mol. The molecule has 0 saturated carbocycles. The van der Waals surface area contributed by atoms with Crippen LogP contribution in [0, 0.1) is 18.3 Å². The number of aryl methyl sites for hydroxylation is 1. The third-order valence-electron chi connectivity index (χ3n) is 4.83. The lowest BCUT2D eigenvalue weighted by Crippen LogP contribution is -2.05. The Morgan fingerprint density at radius 2 is 1.88 bits per heavy atom. The topological polar surface area (TPSA) is 93.4 Å². The SMILES string of the molecule is COc1ccc(CCNc2oc(-c3ccc(COc4cccc(C)c4)o3)nc2C#N)cc1. The number of anilines is 1. The lowest BCUT2D eigenvalue weighted by atomic mass is 10.1. The predicted octanol–water partition coefficient (Wildman–Crippen LogP) is 5.36. The number of ether oxygens (including phenoxy) is 2. The zero-order chi connectivity index (χ0) is 22.3. The molecule has 0 fully saturated rings. The van der Waals surface area contributed by atoms with E-state index in [1.807, 2.05) is 55.5 Å². The zero-order valence-electron chi connectivity index (χ0n) is 17.9. The van der Waals surface area contributed by atoms with Gasteiger partial charge in [-0.25, -0.2) is 0 Å². The molecule has 162 valence electrons. The molecule has 1 N–H and O–H groups in total. The Balaban J connectivity index is 1.37. The number of oxazole rings is 1. The second-order valence-electron chi connectivity index (χ2n) is 7.20. The number of methoxy groups -OCH3 is 1. The van der Waals surface area contributed by atoms with Gasteiger partial charge in [0.15, 0.2) is 5.76 Å². The minimum absolute atomic E-state index is 0.184. The molecule has 0 saturated heterocycles. The van der Waals surface area contributed by atoms with Crippen molar-refractivity contribution in [3.05, 3.63) is 83.2 Å². The number of nitrogens with zero attached hydrogens (tertiary/aromatic N) is 2. The fraction of sp³-hybridized carbons (Fsp3) is 0.200. The summed E-state index contributed by atoms with van der Waals surface area (Å²) in [6.45, 7) is 2.88. The van der Waals surface area contributed by atoms with Crippen LogP contribution in [-0.4, -0.2) is 18.6 Å². The Morgan fingerprint density at radius 1 is 1.03 bits per heavy atom. The van der Waals surface area contributed by atoms with Crippen molar-refractivity contribution in [3.63, 3.8) is 0 Å². The molecule has 0 aliphatic rings. The van der Waals surface area contributed by atoms with E-state index >= 15 is 0 Å². The maximum absolute atomic E-state index is 9.41. The first-order valence-corrected chi connectivity index (χ1v) is 10.2. The van der Waals surface area contributed by atoms with E-state index in [0.29, 0.717) is 23.9 Å². The van der Waals surface area contributed by atoms with Gasteiger partial charge in [0, 0.05) is 6.54 Å². The van der Waals surface area contributed by atoms with E-state index in [1.165, 1.54) is 0 Å². The third-order valence-corrected chi connectivity index (χ3v) is 4.83. The van der Waals surface area contributed by atoms with Crippen molar-refractivity contribution in [2.24, 2.45) is 0 Å². The van der Waals surface area contributed by atoms with E-state index in [4.69, 9.17) is 18.3 Å². The standard InChI is InChI=1S/C25H23N3O4/c1-17-4-3-5-20(14-17)30-16-21-10-11-23(31-21)25-28-22(15-26)24(32-25)27-13-12-18-6-8-19(29-2)9-7-18/h3-11,14,27H,12-13,16H2,1-2H3. The number of aromatic nitrogens is 1. The van der Waals surface area contributed by atoms with Gasteiger partial charge in [-0.1, -0.05) is 24.3 Å². The van der Waals surface area contributed by atoms with Gasteiger partial charge < -0.3 is 23.6 Å². The van der Waals surface area contributed by atoms with Gasteiger partial charge in [0.1, 0.15) is 29.9 Å². The van der Waals surface area contributed by atoms with Crippen LogP contribution in [0.1, 0.15) is 22.6 Å². The Morgan fingerprint density at radius 3 is 2.62 bits per heavy atom. The normalized spacial score (nSPS) is 10.5. The van der Waals surface area contributed by atoms with Crippen LogP contribution in [0.2, 0.25) is 0 Å². The summed E-state index contributed by atoms with van der Waals surface area (Å²) in [4.78, 5) is 4.25. The Hall–Kier alpha value is -4.18. The molecular formula is C25H23N3O4. The van der Waals surface area contributed by atoms with Crippen molar-refractivity contribution in [3.8, 4) is 29.2 Å². The van der Waals surface area contributed by atoms with Gasteiger partial charge in [-0.3, -0.25) is 0 Å². The van der Waals surface area contributed by atoms with Gasteiger partial charge in [-0.05, 0) is 60.9 Å². The number of hydrogen-bond acceptors (Lipinski definition) is 7. The van der Waals surface area contributed by atoms with Gasteiger partial charge in [0.2, 0.25) is 11.6 Å². The van der Waals surface area contributed by atoms with E-state index in [-0.39, 0.29) is 18.2 Å². The highest BCUT2D eigenvalue weighted by atomic mass is 16.5. The minimum atomic E-state index is 0.184. The minimum Gasteiger partial charge on any atom is -0.497 e. The molecule has 4 rings (SSSR count). The number of hydrogen-bond donors (Lipinski definition) is 1. The molecule has 7 nitrogen and oxygen atoms in total. The van der Waals surface area contributed by atoms with Crippen molar-refractivity contribution >= 4 is 5.88 Å². The van der Waals surface area contributed by atoms with Gasteiger partial charge in [-0.2, -0.15) is 10.2 Å². The van der Waals surface area contributed by atoms with E-state index in [9.17, 15) is 5.26 Å². The predicted molar refractivity (Wildman–Crippen MR) is 120 cm³/mol. The van der Waals surface area contributed by atoms with E-state index in [0.717, 1.165) is 29.0 Å². The maximum Gasteiger partial charge on any atom is 0.266 e. The molecule has 2 aromatic heterocycles. The van der Waals surface area contributed by atoms with Crippen LogP contribution in [0.3, 0.4) is 0 Å². The molecule has 32 heavy (non-hydrogen) atoms. The van der Waals surface area contributed by atoms with Crippen LogP contribution in [0.25, 0.3) is 11.7 Å². The van der Waals surface area contributed by atoms with Crippen LogP contribution in [0.5, 0.6) is 11.5 Å². The smallest absolute Gasteiger partial charge is 0.266 e. The molecule has 2 aromatic carbocycles. The summed E-state index contributed by atoms with van der Waals surface area (Å²) in [6, 6.07) is 21.3. The summed E-state index contributed by atoms with van der Waals surface area (Å²) in [6.07, 6.45) is 0.756. The highest BCUT2D eigenvalue weighted by Crippen LogP contribution is 2.27. The van der Waals surface area contributed by atoms with Crippen molar-refractivity contribution in [2.45, 2.75) is 20.0 Å². The molecule has 7 heteroatoms. The molecule has 0 radical (unpaired) electrons. The van der Waals surface area contributed by atoms with Crippen LogP contribution in [0.15, 0.2) is 69.5 Å². The lowest BCUT2D eigenvalue weighted by Gasteiger charge is -2.05. The average Bonchev–Trinajstić information content (AvgIpc) is 3.45. The second kappa shape index (κ2) is 9.75. The first kappa shape index (κ1) is 21.1. The van der Waals surface area contributed by atoms with Gasteiger partial charge in [0.05, 0.1) is 7.11 Å². The molecular weight excluding hydrogens is 406 g/mol. The molecule has 4 aromatic rings. The zero-order valence-corrected chi connectivity index (χ0v) is 17.9. The van der Waals surface area contributed by atoms with Crippen molar-refractivity contribution in [2.75, 3.05) is 19.0 Å². The Labute approximate surface area is 186 Å². The summed E-state index contributed by atoms with van der Waals surface area (Å²) in [5.41, 5.74) is 2.45. The summed E-state index contributed by atoms with van der Waals surface area (Å²) >= 11 is 0. The van der Waals surface area contributed by atoms with Crippen molar-refractivity contribution in [1.82, 2.24) is 4.98 Å². The molecule has 0 spiro atoms. The Bertz CT molecular complexity index is 1220. The summed E-state index contributed by atoms with van der Waals surface area (Å²) < 4.78 is 22.5. The highest BCUT2D eigenvalue weighted by Gasteiger charge is 2.17. The van der Waals surface area contributed by atoms with E-state index in [1.54, 1.807) is 19.2 Å². The van der Waals surface area contributed by atoms with E-state index in [2.05, 4.69) is 16.4 Å². The summed E-state index contributed by atoms with van der Waals surface area (Å²) in [5, 5.41) is 12.6. The molecule has 0 aliphatic heterocycles. The fourth-order valence-corrected chi connectivity index (χ4v) is 3.16. The molecule has 0 unspecified atom stereocenters. The fourth-order valence-electron chi connectivity index (χ4n) is 3.16. The first-order chi connectivity index (χ1) is 15.6. The summed E-state index contributed by atoms with van der Waals surface area (Å²) in [5.74, 6) is 3.23. The number of benzene rings is 2. The number of furan rings is 1. The number of nitrogens with one attached hydrogen (secondary N) is 1. The van der Waals surface area contributed by atoms with Gasteiger partial charge in [0.25, 0.3) is 5.89 Å².